The van der Waals surface area contributed by atoms with Crippen molar-refractivity contribution in [1.29, 1.82) is 0 Å². The fraction of sp³-hybridized carbons (Fsp3) is 0.667. The summed E-state index contributed by atoms with van der Waals surface area (Å²) >= 11 is 0. The number of aryl methyl sites for hydroxylation is 1. The van der Waals surface area contributed by atoms with Crippen molar-refractivity contribution in [2.24, 2.45) is 5.92 Å². The maximum atomic E-state index is 4.24. The fourth-order valence-electron chi connectivity index (χ4n) is 1.34. The molecule has 1 aromatic rings. The predicted octanol–water partition coefficient (Wildman–Crippen LogP) is 2.15. The van der Waals surface area contributed by atoms with Gasteiger partial charge in [-0.2, -0.15) is 5.10 Å². The van der Waals surface area contributed by atoms with Gasteiger partial charge in [-0.3, -0.25) is 4.68 Å². The van der Waals surface area contributed by atoms with Crippen molar-refractivity contribution < 1.29 is 0 Å². The summed E-state index contributed by atoms with van der Waals surface area (Å²) in [5.74, 6) is 0.993. The van der Waals surface area contributed by atoms with Gasteiger partial charge in [0.15, 0.2) is 0 Å². The molecule has 1 heterocycles. The predicted molar refractivity (Wildman–Crippen MR) is 56.4 cm³/mol. The lowest BCUT2D eigenvalue weighted by Crippen LogP contribution is -1.98. The first-order valence-corrected chi connectivity index (χ1v) is 4.58. The monoisotopic (exact) mass is 201 g/mol. The molecule has 0 saturated heterocycles. The molecule has 74 valence electrons. The highest BCUT2D eigenvalue weighted by Crippen LogP contribution is 2.32. The molecule has 3 nitrogen and oxygen atoms in total. The van der Waals surface area contributed by atoms with Crippen molar-refractivity contribution in [2.45, 2.75) is 25.8 Å². The number of nitrogens with one attached hydrogen (secondary N) is 1. The molecule has 1 aliphatic carbocycles. The van der Waals surface area contributed by atoms with Crippen LogP contribution in [0.25, 0.3) is 0 Å². The van der Waals surface area contributed by atoms with Gasteiger partial charge < -0.3 is 5.32 Å². The number of hydrogen-bond acceptors (Lipinski definition) is 2. The fourth-order valence-corrected chi connectivity index (χ4v) is 1.34. The number of halogens is 1. The van der Waals surface area contributed by atoms with Crippen LogP contribution < -0.4 is 5.32 Å². The summed E-state index contributed by atoms with van der Waals surface area (Å²) in [7, 11) is 1.92. The molecule has 0 aliphatic heterocycles. The topological polar surface area (TPSA) is 29.9 Å². The second-order valence-electron chi connectivity index (χ2n) is 3.47. The molecular formula is C9H16ClN3. The summed E-state index contributed by atoms with van der Waals surface area (Å²) in [6, 6.07) is 0. The van der Waals surface area contributed by atoms with Gasteiger partial charge in [-0.15, -0.1) is 12.4 Å². The van der Waals surface area contributed by atoms with Gasteiger partial charge >= 0.3 is 0 Å². The number of hydrogen-bond donors (Lipinski definition) is 1. The minimum Gasteiger partial charge on any atom is -0.386 e. The van der Waals surface area contributed by atoms with Crippen LogP contribution in [0.1, 0.15) is 19.3 Å². The van der Waals surface area contributed by atoms with E-state index in [1.54, 1.807) is 0 Å². The third-order valence-corrected chi connectivity index (χ3v) is 2.39. The highest BCUT2D eigenvalue weighted by atomic mass is 35.5. The summed E-state index contributed by atoms with van der Waals surface area (Å²) in [5.41, 5.74) is 1.10. The summed E-state index contributed by atoms with van der Waals surface area (Å²) in [5, 5.41) is 7.31. The molecule has 0 amide bonds. The Hall–Kier alpha value is -0.700. The normalized spacial score (nSPS) is 15.2. The molecule has 1 saturated carbocycles. The van der Waals surface area contributed by atoms with Crippen LogP contribution in [0.3, 0.4) is 0 Å². The quantitative estimate of drug-likeness (QED) is 0.809. The molecule has 13 heavy (non-hydrogen) atoms. The maximum Gasteiger partial charge on any atom is 0.0723 e. The van der Waals surface area contributed by atoms with E-state index in [0.29, 0.717) is 0 Å². The lowest BCUT2D eigenvalue weighted by molar-refractivity contribution is 0.547. The van der Waals surface area contributed by atoms with Crippen molar-refractivity contribution in [2.75, 3.05) is 12.4 Å². The van der Waals surface area contributed by atoms with Crippen LogP contribution in [-0.4, -0.2) is 16.8 Å². The summed E-state index contributed by atoms with van der Waals surface area (Å²) in [6.07, 6.45) is 8.08. The summed E-state index contributed by atoms with van der Waals surface area (Å²) in [4.78, 5) is 0. The molecule has 0 aromatic carbocycles. The van der Waals surface area contributed by atoms with Crippen molar-refractivity contribution in [3.63, 3.8) is 0 Å². The molecule has 1 N–H and O–H groups in total. The second-order valence-corrected chi connectivity index (χ2v) is 3.47. The van der Waals surface area contributed by atoms with Gasteiger partial charge in [0.2, 0.25) is 0 Å². The second kappa shape index (κ2) is 4.51. The van der Waals surface area contributed by atoms with Gasteiger partial charge in [-0.05, 0) is 12.3 Å². The summed E-state index contributed by atoms with van der Waals surface area (Å²) < 4.78 is 2.02. The van der Waals surface area contributed by atoms with Crippen molar-refractivity contribution in [3.8, 4) is 0 Å². The molecule has 0 radical (unpaired) electrons. The van der Waals surface area contributed by atoms with E-state index in [4.69, 9.17) is 0 Å². The lowest BCUT2D eigenvalue weighted by atomic mass is 10.3. The lowest BCUT2D eigenvalue weighted by Gasteiger charge is -1.98. The van der Waals surface area contributed by atoms with E-state index in [1.807, 2.05) is 17.9 Å². The number of nitrogens with zero attached hydrogens (tertiary/aromatic N) is 2. The van der Waals surface area contributed by atoms with Crippen LogP contribution in [0.15, 0.2) is 12.4 Å². The Labute approximate surface area is 84.9 Å². The maximum absolute atomic E-state index is 4.24. The van der Waals surface area contributed by atoms with Crippen LogP contribution in [0.4, 0.5) is 5.69 Å². The van der Waals surface area contributed by atoms with Crippen LogP contribution in [0.2, 0.25) is 0 Å². The number of rotatable bonds is 4. The minimum atomic E-state index is 0. The third kappa shape index (κ3) is 2.92. The molecule has 0 bridgehead atoms. The van der Waals surface area contributed by atoms with E-state index in [1.165, 1.54) is 19.3 Å². The molecule has 0 spiro atoms. The van der Waals surface area contributed by atoms with Gasteiger partial charge in [0.25, 0.3) is 0 Å². The van der Waals surface area contributed by atoms with E-state index in [9.17, 15) is 0 Å². The van der Waals surface area contributed by atoms with Gasteiger partial charge in [-0.25, -0.2) is 0 Å². The zero-order valence-corrected chi connectivity index (χ0v) is 8.68. The van der Waals surface area contributed by atoms with Gasteiger partial charge in [0, 0.05) is 19.8 Å². The first-order chi connectivity index (χ1) is 5.88. The number of anilines is 1. The van der Waals surface area contributed by atoms with E-state index >= 15 is 0 Å². The van der Waals surface area contributed by atoms with Crippen molar-refractivity contribution >= 4 is 18.1 Å². The Morgan fingerprint density at radius 2 is 2.38 bits per heavy atom. The first kappa shape index (κ1) is 10.4. The smallest absolute Gasteiger partial charge is 0.0723 e. The SMILES string of the molecule is CNc1cnn(CCC2CC2)c1.Cl. The van der Waals surface area contributed by atoms with Crippen LogP contribution in [0, 0.1) is 5.92 Å². The van der Waals surface area contributed by atoms with Gasteiger partial charge in [0.1, 0.15) is 0 Å². The Bertz CT molecular complexity index is 255. The molecule has 0 atom stereocenters. The Morgan fingerprint density at radius 3 is 2.92 bits per heavy atom. The molecule has 4 heteroatoms. The summed E-state index contributed by atoms with van der Waals surface area (Å²) in [6.45, 7) is 1.08. The van der Waals surface area contributed by atoms with E-state index in [0.717, 1.165) is 18.2 Å². The van der Waals surface area contributed by atoms with E-state index in [-0.39, 0.29) is 12.4 Å². The molecular weight excluding hydrogens is 186 g/mol. The van der Waals surface area contributed by atoms with Crippen molar-refractivity contribution in [1.82, 2.24) is 9.78 Å². The largest absolute Gasteiger partial charge is 0.386 e. The first-order valence-electron chi connectivity index (χ1n) is 4.58. The average Bonchev–Trinajstić information content (AvgIpc) is 2.81. The van der Waals surface area contributed by atoms with Crippen LogP contribution >= 0.6 is 12.4 Å². The zero-order valence-electron chi connectivity index (χ0n) is 7.86. The number of aromatic nitrogens is 2. The Morgan fingerprint density at radius 1 is 1.62 bits per heavy atom. The van der Waals surface area contributed by atoms with Gasteiger partial charge in [0.05, 0.1) is 11.9 Å². The van der Waals surface area contributed by atoms with Crippen LogP contribution in [-0.2, 0) is 6.54 Å². The van der Waals surface area contributed by atoms with E-state index < -0.39 is 0 Å². The average molecular weight is 202 g/mol. The molecule has 2 rings (SSSR count). The van der Waals surface area contributed by atoms with Crippen molar-refractivity contribution in [3.05, 3.63) is 12.4 Å². The highest BCUT2D eigenvalue weighted by molar-refractivity contribution is 5.85. The molecule has 1 aromatic heterocycles. The highest BCUT2D eigenvalue weighted by Gasteiger charge is 2.20. The molecule has 1 fully saturated rings. The van der Waals surface area contributed by atoms with E-state index in [2.05, 4.69) is 16.6 Å². The minimum absolute atomic E-state index is 0. The Balaban J connectivity index is 0.000000845. The van der Waals surface area contributed by atoms with Gasteiger partial charge in [-0.1, -0.05) is 12.8 Å². The van der Waals surface area contributed by atoms with Crippen LogP contribution in [0.5, 0.6) is 0 Å². The standard InChI is InChI=1S/C9H15N3.ClH/c1-10-9-6-11-12(7-9)5-4-8-2-3-8;/h6-8,10H,2-5H2,1H3;1H. The Kier molecular flexibility index (Phi) is 3.60. The zero-order chi connectivity index (χ0) is 8.39. The molecule has 1 aliphatic rings. The third-order valence-electron chi connectivity index (χ3n) is 2.39. The molecule has 0 unspecified atom stereocenters.